The number of thiazole rings is 1. The number of hydrogen-bond acceptors (Lipinski definition) is 7. The maximum atomic E-state index is 12.2. The Morgan fingerprint density at radius 3 is 2.96 bits per heavy atom. The molecule has 3 heterocycles. The second-order valence-corrected chi connectivity index (χ2v) is 7.46. The van der Waals surface area contributed by atoms with E-state index < -0.39 is 0 Å². The Balaban J connectivity index is 1.54. The molecule has 3 rings (SSSR count). The van der Waals surface area contributed by atoms with E-state index in [0.717, 1.165) is 34.2 Å². The summed E-state index contributed by atoms with van der Waals surface area (Å²) < 4.78 is 0. The topological polar surface area (TPSA) is 80.7 Å². The first-order valence-corrected chi connectivity index (χ1v) is 9.92. The molecule has 0 aliphatic carbocycles. The second-order valence-electron chi connectivity index (χ2n) is 5.54. The van der Waals surface area contributed by atoms with Crippen molar-refractivity contribution in [2.45, 2.75) is 39.0 Å². The summed E-state index contributed by atoms with van der Waals surface area (Å²) in [6.07, 6.45) is 6.33. The minimum Gasteiger partial charge on any atom is -0.300 e. The van der Waals surface area contributed by atoms with Crippen molar-refractivity contribution in [3.63, 3.8) is 0 Å². The Bertz CT molecular complexity index is 815. The third-order valence-electron chi connectivity index (χ3n) is 3.48. The third-order valence-corrected chi connectivity index (χ3v) is 5.30. The quantitative estimate of drug-likeness (QED) is 0.604. The summed E-state index contributed by atoms with van der Waals surface area (Å²) in [6.45, 7) is 2.17. The molecule has 0 fully saturated rings. The summed E-state index contributed by atoms with van der Waals surface area (Å²) in [4.78, 5) is 20.9. The van der Waals surface area contributed by atoms with Crippen molar-refractivity contribution in [3.8, 4) is 10.7 Å². The van der Waals surface area contributed by atoms with Crippen molar-refractivity contribution in [2.75, 3.05) is 5.32 Å². The average Bonchev–Trinajstić information content (AvgIpc) is 3.26. The molecule has 1 N–H and O–H groups in total. The van der Waals surface area contributed by atoms with E-state index in [2.05, 4.69) is 32.4 Å². The van der Waals surface area contributed by atoms with Crippen molar-refractivity contribution < 1.29 is 4.79 Å². The molecule has 0 spiro atoms. The SMILES string of the molecule is CCCCCc1nnc(NC(=O)Cc2csc(-c3ccccn3)n2)s1. The van der Waals surface area contributed by atoms with Gasteiger partial charge in [0.15, 0.2) is 0 Å². The molecule has 130 valence electrons. The van der Waals surface area contributed by atoms with Crippen LogP contribution in [0.25, 0.3) is 10.7 Å². The number of aromatic nitrogens is 4. The molecule has 3 aromatic heterocycles. The number of rotatable bonds is 8. The molecule has 0 atom stereocenters. The van der Waals surface area contributed by atoms with Crippen LogP contribution in [-0.2, 0) is 17.6 Å². The van der Waals surface area contributed by atoms with Gasteiger partial charge in [-0.1, -0.05) is 37.2 Å². The number of carbonyl (C=O) groups is 1. The van der Waals surface area contributed by atoms with Gasteiger partial charge >= 0.3 is 0 Å². The molecule has 0 unspecified atom stereocenters. The lowest BCUT2D eigenvalue weighted by molar-refractivity contribution is -0.115. The number of unbranched alkanes of at least 4 members (excludes halogenated alkanes) is 2. The van der Waals surface area contributed by atoms with Crippen LogP contribution < -0.4 is 5.32 Å². The van der Waals surface area contributed by atoms with E-state index in [-0.39, 0.29) is 12.3 Å². The first-order chi connectivity index (χ1) is 12.2. The molecule has 8 heteroatoms. The highest BCUT2D eigenvalue weighted by Crippen LogP contribution is 2.22. The summed E-state index contributed by atoms with van der Waals surface area (Å²) in [6, 6.07) is 5.69. The van der Waals surface area contributed by atoms with Crippen LogP contribution in [0.5, 0.6) is 0 Å². The normalized spacial score (nSPS) is 10.8. The zero-order valence-electron chi connectivity index (χ0n) is 13.9. The fraction of sp³-hybridized carbons (Fsp3) is 0.353. The first-order valence-electron chi connectivity index (χ1n) is 8.22. The van der Waals surface area contributed by atoms with E-state index in [4.69, 9.17) is 0 Å². The highest BCUT2D eigenvalue weighted by Gasteiger charge is 2.12. The Morgan fingerprint density at radius 2 is 2.16 bits per heavy atom. The van der Waals surface area contributed by atoms with E-state index in [1.165, 1.54) is 35.5 Å². The van der Waals surface area contributed by atoms with E-state index in [1.54, 1.807) is 6.20 Å². The number of pyridine rings is 1. The van der Waals surface area contributed by atoms with Crippen LogP contribution in [0.3, 0.4) is 0 Å². The summed E-state index contributed by atoms with van der Waals surface area (Å²) >= 11 is 2.93. The maximum Gasteiger partial charge on any atom is 0.232 e. The van der Waals surface area contributed by atoms with Gasteiger partial charge in [-0.2, -0.15) is 0 Å². The van der Waals surface area contributed by atoms with Gasteiger partial charge in [0.25, 0.3) is 0 Å². The lowest BCUT2D eigenvalue weighted by atomic mass is 10.2. The van der Waals surface area contributed by atoms with Gasteiger partial charge in [-0.15, -0.1) is 21.5 Å². The largest absolute Gasteiger partial charge is 0.300 e. The summed E-state index contributed by atoms with van der Waals surface area (Å²) in [5, 5.41) is 15.2. The lowest BCUT2D eigenvalue weighted by Crippen LogP contribution is -2.14. The van der Waals surface area contributed by atoms with Gasteiger partial charge in [0, 0.05) is 18.0 Å². The Labute approximate surface area is 154 Å². The molecule has 0 aliphatic heterocycles. The lowest BCUT2D eigenvalue weighted by Gasteiger charge is -1.98. The molecule has 0 radical (unpaired) electrons. The monoisotopic (exact) mass is 373 g/mol. The molecular weight excluding hydrogens is 354 g/mol. The predicted octanol–water partition coefficient (Wildman–Crippen LogP) is 3.97. The highest BCUT2D eigenvalue weighted by molar-refractivity contribution is 7.15. The van der Waals surface area contributed by atoms with Gasteiger partial charge in [-0.25, -0.2) is 4.98 Å². The summed E-state index contributed by atoms with van der Waals surface area (Å²) in [5.74, 6) is -0.130. The molecule has 6 nitrogen and oxygen atoms in total. The van der Waals surface area contributed by atoms with Crippen LogP contribution >= 0.6 is 22.7 Å². The third kappa shape index (κ3) is 5.14. The number of hydrogen-bond donors (Lipinski definition) is 1. The maximum absolute atomic E-state index is 12.2. The van der Waals surface area contributed by atoms with E-state index in [1.807, 2.05) is 23.6 Å². The molecule has 3 aromatic rings. The van der Waals surface area contributed by atoms with E-state index in [9.17, 15) is 4.79 Å². The molecule has 0 saturated heterocycles. The number of amides is 1. The number of aryl methyl sites for hydroxylation is 1. The van der Waals surface area contributed by atoms with Gasteiger partial charge in [-0.3, -0.25) is 9.78 Å². The minimum absolute atomic E-state index is 0.130. The van der Waals surface area contributed by atoms with E-state index in [0.29, 0.717) is 5.13 Å². The highest BCUT2D eigenvalue weighted by atomic mass is 32.1. The molecule has 0 saturated carbocycles. The van der Waals surface area contributed by atoms with Crippen molar-refractivity contribution in [3.05, 3.63) is 40.5 Å². The van der Waals surface area contributed by atoms with Crippen molar-refractivity contribution >= 4 is 33.7 Å². The van der Waals surface area contributed by atoms with Gasteiger partial charge in [0.05, 0.1) is 17.8 Å². The van der Waals surface area contributed by atoms with Crippen molar-refractivity contribution in [1.82, 2.24) is 20.2 Å². The minimum atomic E-state index is -0.130. The van der Waals surface area contributed by atoms with Gasteiger partial charge < -0.3 is 5.32 Å². The molecular formula is C17H19N5OS2. The number of nitrogens with one attached hydrogen (secondary N) is 1. The van der Waals surface area contributed by atoms with Crippen molar-refractivity contribution in [1.29, 1.82) is 0 Å². The van der Waals surface area contributed by atoms with Crippen LogP contribution in [0, 0.1) is 0 Å². The van der Waals surface area contributed by atoms with Crippen LogP contribution in [0.1, 0.15) is 36.9 Å². The Kier molecular flexibility index (Phi) is 6.19. The van der Waals surface area contributed by atoms with Crippen LogP contribution in [-0.4, -0.2) is 26.1 Å². The predicted molar refractivity (Wildman–Crippen MR) is 101 cm³/mol. The standard InChI is InChI=1S/C17H19N5OS2/c1-2-3-4-8-15-21-22-17(25-15)20-14(23)10-12-11-24-16(19-12)13-7-5-6-9-18-13/h5-7,9,11H,2-4,8,10H2,1H3,(H,20,22,23). The van der Waals surface area contributed by atoms with Gasteiger partial charge in [0.1, 0.15) is 10.0 Å². The summed E-state index contributed by atoms with van der Waals surface area (Å²) in [7, 11) is 0. The molecule has 0 bridgehead atoms. The fourth-order valence-corrected chi connectivity index (χ4v) is 3.85. The van der Waals surface area contributed by atoms with Crippen LogP contribution in [0.4, 0.5) is 5.13 Å². The summed E-state index contributed by atoms with van der Waals surface area (Å²) in [5.41, 5.74) is 1.55. The molecule has 0 aliphatic rings. The van der Waals surface area contributed by atoms with Crippen LogP contribution in [0.15, 0.2) is 29.8 Å². The van der Waals surface area contributed by atoms with Crippen molar-refractivity contribution in [2.24, 2.45) is 0 Å². The Hall–Kier alpha value is -2.19. The van der Waals surface area contributed by atoms with Crippen LogP contribution in [0.2, 0.25) is 0 Å². The Morgan fingerprint density at radius 1 is 1.24 bits per heavy atom. The smallest absolute Gasteiger partial charge is 0.232 e. The molecule has 0 aromatic carbocycles. The zero-order valence-corrected chi connectivity index (χ0v) is 15.6. The molecule has 1 amide bonds. The van der Waals surface area contributed by atoms with Gasteiger partial charge in [0.2, 0.25) is 11.0 Å². The second kappa shape index (κ2) is 8.77. The van der Waals surface area contributed by atoms with E-state index >= 15 is 0 Å². The number of anilines is 1. The number of carbonyl (C=O) groups excluding carboxylic acids is 1. The first kappa shape index (κ1) is 17.6. The average molecular weight is 374 g/mol. The fourth-order valence-electron chi connectivity index (χ4n) is 2.25. The molecule has 25 heavy (non-hydrogen) atoms. The zero-order chi connectivity index (χ0) is 17.5. The number of nitrogens with zero attached hydrogens (tertiary/aromatic N) is 4. The van der Waals surface area contributed by atoms with Gasteiger partial charge in [-0.05, 0) is 18.6 Å².